The molecule has 1 amide bonds. The zero-order chi connectivity index (χ0) is 21.7. The van der Waals surface area contributed by atoms with E-state index in [0.717, 1.165) is 0 Å². The summed E-state index contributed by atoms with van der Waals surface area (Å²) in [5, 5.41) is 30.6. The van der Waals surface area contributed by atoms with Crippen LogP contribution >= 0.6 is 0 Å². The number of nitrogens with zero attached hydrogens (tertiary/aromatic N) is 2. The molecule has 2 aromatic rings. The molecule has 1 unspecified atom stereocenters. The second-order valence-corrected chi connectivity index (χ2v) is 6.54. The average molecular weight is 412 g/mol. The molecule has 1 atom stereocenters. The van der Waals surface area contributed by atoms with E-state index < -0.39 is 22.7 Å². The Hall–Kier alpha value is -3.56. The van der Waals surface area contributed by atoms with Gasteiger partial charge >= 0.3 is 0 Å². The van der Waals surface area contributed by atoms with Crippen LogP contribution in [0.2, 0.25) is 0 Å². The molecule has 1 aliphatic rings. The van der Waals surface area contributed by atoms with E-state index in [0.29, 0.717) is 11.1 Å². The van der Waals surface area contributed by atoms with Crippen molar-refractivity contribution in [2.24, 2.45) is 0 Å². The number of benzene rings is 2. The van der Waals surface area contributed by atoms with Gasteiger partial charge in [-0.3, -0.25) is 19.7 Å². The minimum Gasteiger partial charge on any atom is -0.507 e. The van der Waals surface area contributed by atoms with E-state index in [-0.39, 0.29) is 43.4 Å². The normalized spacial score (nSPS) is 18.0. The predicted molar refractivity (Wildman–Crippen MR) is 106 cm³/mol. The third-order valence-corrected chi connectivity index (χ3v) is 4.72. The number of carbonyl (C=O) groups is 2. The first kappa shape index (κ1) is 21.2. The number of aliphatic hydroxyl groups excluding tert-OH is 2. The number of ether oxygens (including phenoxy) is 1. The lowest BCUT2D eigenvalue weighted by Gasteiger charge is -2.25. The Balaban J connectivity index is 2.06. The molecule has 156 valence electrons. The van der Waals surface area contributed by atoms with Crippen molar-refractivity contribution in [1.29, 1.82) is 0 Å². The Kier molecular flexibility index (Phi) is 6.55. The molecule has 0 radical (unpaired) electrons. The fourth-order valence-corrected chi connectivity index (χ4v) is 3.32. The van der Waals surface area contributed by atoms with Crippen molar-refractivity contribution >= 4 is 23.1 Å². The molecule has 1 aliphatic heterocycles. The van der Waals surface area contributed by atoms with E-state index >= 15 is 0 Å². The maximum Gasteiger partial charge on any atom is 0.295 e. The van der Waals surface area contributed by atoms with Crippen LogP contribution in [0, 0.1) is 10.1 Å². The number of rotatable bonds is 8. The van der Waals surface area contributed by atoms with Crippen LogP contribution in [0.3, 0.4) is 0 Å². The number of ketones is 1. The van der Waals surface area contributed by atoms with Crippen LogP contribution < -0.4 is 0 Å². The summed E-state index contributed by atoms with van der Waals surface area (Å²) in [6.45, 7) is 0.00891. The molecular weight excluding hydrogens is 392 g/mol. The topological polar surface area (TPSA) is 130 Å². The Morgan fingerprint density at radius 2 is 1.73 bits per heavy atom. The van der Waals surface area contributed by atoms with E-state index in [1.54, 1.807) is 30.3 Å². The summed E-state index contributed by atoms with van der Waals surface area (Å²) in [5.74, 6) is -1.97. The minimum absolute atomic E-state index is 0.0395. The van der Waals surface area contributed by atoms with Gasteiger partial charge in [0.1, 0.15) is 5.76 Å². The second kappa shape index (κ2) is 9.29. The van der Waals surface area contributed by atoms with Gasteiger partial charge in [0.2, 0.25) is 0 Å². The summed E-state index contributed by atoms with van der Waals surface area (Å²) in [6.07, 6.45) is 0. The summed E-state index contributed by atoms with van der Waals surface area (Å²) >= 11 is 0. The first-order valence-electron chi connectivity index (χ1n) is 9.22. The number of hydrogen-bond donors (Lipinski definition) is 2. The lowest BCUT2D eigenvalue weighted by Crippen LogP contribution is -2.33. The number of amides is 1. The SMILES string of the molecule is O=C1C(=O)N(CCOCCO)C(c2ccc([N+](=O)[O-])cc2)/C1=C(\O)c1ccccc1. The zero-order valence-electron chi connectivity index (χ0n) is 15.9. The third-order valence-electron chi connectivity index (χ3n) is 4.72. The first-order valence-corrected chi connectivity index (χ1v) is 9.22. The van der Waals surface area contributed by atoms with E-state index in [1.165, 1.54) is 29.2 Å². The number of nitro benzene ring substituents is 1. The number of aliphatic hydroxyl groups is 2. The summed E-state index contributed by atoms with van der Waals surface area (Å²) in [7, 11) is 0. The molecule has 30 heavy (non-hydrogen) atoms. The summed E-state index contributed by atoms with van der Waals surface area (Å²) < 4.78 is 5.22. The van der Waals surface area contributed by atoms with Gasteiger partial charge in [0.15, 0.2) is 0 Å². The van der Waals surface area contributed by atoms with E-state index in [2.05, 4.69) is 0 Å². The van der Waals surface area contributed by atoms with Crippen LogP contribution in [0.15, 0.2) is 60.2 Å². The van der Waals surface area contributed by atoms with Crippen LogP contribution in [0.25, 0.3) is 5.76 Å². The zero-order valence-corrected chi connectivity index (χ0v) is 15.9. The highest BCUT2D eigenvalue weighted by Crippen LogP contribution is 2.39. The van der Waals surface area contributed by atoms with Crippen LogP contribution in [0.5, 0.6) is 0 Å². The van der Waals surface area contributed by atoms with Gasteiger partial charge < -0.3 is 19.8 Å². The van der Waals surface area contributed by atoms with Crippen LogP contribution in [0.1, 0.15) is 17.2 Å². The number of hydrogen-bond acceptors (Lipinski definition) is 7. The van der Waals surface area contributed by atoms with Gasteiger partial charge in [-0.25, -0.2) is 0 Å². The van der Waals surface area contributed by atoms with Crippen LogP contribution in [0.4, 0.5) is 5.69 Å². The summed E-state index contributed by atoms with van der Waals surface area (Å²) in [5.41, 5.74) is 0.589. The van der Waals surface area contributed by atoms with Crippen molar-refractivity contribution in [2.75, 3.05) is 26.4 Å². The molecule has 0 bridgehead atoms. The molecule has 0 spiro atoms. The monoisotopic (exact) mass is 412 g/mol. The fraction of sp³-hybridized carbons (Fsp3) is 0.238. The molecule has 3 rings (SSSR count). The van der Waals surface area contributed by atoms with E-state index in [4.69, 9.17) is 9.84 Å². The molecule has 2 N–H and O–H groups in total. The number of likely N-dealkylation sites (tertiary alicyclic amines) is 1. The predicted octanol–water partition coefficient (Wildman–Crippen LogP) is 2.03. The highest BCUT2D eigenvalue weighted by atomic mass is 16.6. The molecule has 2 aromatic carbocycles. The van der Waals surface area contributed by atoms with Crippen molar-refractivity contribution in [2.45, 2.75) is 6.04 Å². The first-order chi connectivity index (χ1) is 14.5. The van der Waals surface area contributed by atoms with Gasteiger partial charge in [0.25, 0.3) is 17.4 Å². The second-order valence-electron chi connectivity index (χ2n) is 6.54. The molecule has 0 aliphatic carbocycles. The van der Waals surface area contributed by atoms with Gasteiger partial charge in [-0.15, -0.1) is 0 Å². The average Bonchev–Trinajstić information content (AvgIpc) is 3.01. The molecule has 0 saturated carbocycles. The standard InChI is InChI=1S/C21H20N2O7/c24-11-13-30-12-10-22-18(14-6-8-16(9-7-14)23(28)29)17(20(26)21(22)27)19(25)15-4-2-1-3-5-15/h1-9,18,24-25H,10-13H2/b19-17+. The van der Waals surface area contributed by atoms with Crippen molar-refractivity contribution in [3.63, 3.8) is 0 Å². The largest absolute Gasteiger partial charge is 0.507 e. The molecule has 1 saturated heterocycles. The summed E-state index contributed by atoms with van der Waals surface area (Å²) in [6, 6.07) is 12.9. The van der Waals surface area contributed by atoms with E-state index in [1.807, 2.05) is 0 Å². The maximum atomic E-state index is 12.8. The number of nitro groups is 1. The number of carbonyl (C=O) groups excluding carboxylic acids is 2. The van der Waals surface area contributed by atoms with Gasteiger partial charge in [-0.05, 0) is 17.7 Å². The smallest absolute Gasteiger partial charge is 0.295 e. The Morgan fingerprint density at radius 1 is 1.07 bits per heavy atom. The van der Waals surface area contributed by atoms with Crippen molar-refractivity contribution < 1.29 is 29.5 Å². The fourth-order valence-electron chi connectivity index (χ4n) is 3.32. The number of Topliss-reactive ketones (excluding diaryl/α,β-unsaturated/α-hetero) is 1. The lowest BCUT2D eigenvalue weighted by atomic mass is 9.95. The van der Waals surface area contributed by atoms with Crippen LogP contribution in [-0.4, -0.2) is 58.1 Å². The Bertz CT molecular complexity index is 971. The van der Waals surface area contributed by atoms with Gasteiger partial charge in [0.05, 0.1) is 36.4 Å². The third kappa shape index (κ3) is 4.22. The van der Waals surface area contributed by atoms with Crippen molar-refractivity contribution in [3.8, 4) is 0 Å². The molecule has 9 heteroatoms. The van der Waals surface area contributed by atoms with Gasteiger partial charge in [-0.1, -0.05) is 30.3 Å². The number of non-ortho nitro benzene ring substituents is 1. The van der Waals surface area contributed by atoms with Gasteiger partial charge in [-0.2, -0.15) is 0 Å². The maximum absolute atomic E-state index is 12.8. The highest BCUT2D eigenvalue weighted by Gasteiger charge is 2.45. The lowest BCUT2D eigenvalue weighted by molar-refractivity contribution is -0.384. The quantitative estimate of drug-likeness (QED) is 0.169. The van der Waals surface area contributed by atoms with Crippen LogP contribution in [-0.2, 0) is 14.3 Å². The minimum atomic E-state index is -0.927. The van der Waals surface area contributed by atoms with E-state index in [9.17, 15) is 24.8 Å². The molecular formula is C21H20N2O7. The van der Waals surface area contributed by atoms with Gasteiger partial charge in [0, 0.05) is 24.2 Å². The molecule has 9 nitrogen and oxygen atoms in total. The Morgan fingerprint density at radius 3 is 2.33 bits per heavy atom. The molecule has 1 fully saturated rings. The molecule has 1 heterocycles. The Labute approximate surface area is 172 Å². The van der Waals surface area contributed by atoms with Crippen molar-refractivity contribution in [3.05, 3.63) is 81.4 Å². The van der Waals surface area contributed by atoms with Crippen molar-refractivity contribution in [1.82, 2.24) is 4.90 Å². The summed E-state index contributed by atoms with van der Waals surface area (Å²) in [4.78, 5) is 37.1. The highest BCUT2D eigenvalue weighted by molar-refractivity contribution is 6.46. The molecule has 0 aromatic heterocycles.